The lowest BCUT2D eigenvalue weighted by Crippen LogP contribution is -2.29. The molecular weight excluding hydrogens is 230 g/mol. The Morgan fingerprint density at radius 3 is 2.94 bits per heavy atom. The molecule has 100 valence electrons. The quantitative estimate of drug-likeness (QED) is 0.823. The minimum Gasteiger partial charge on any atom is -0.381 e. The van der Waals surface area contributed by atoms with Gasteiger partial charge in [0.15, 0.2) is 5.82 Å². The van der Waals surface area contributed by atoms with Crippen LogP contribution in [0, 0.1) is 11.8 Å². The van der Waals surface area contributed by atoms with Crippen molar-refractivity contribution in [2.75, 3.05) is 20.3 Å². The van der Waals surface area contributed by atoms with Crippen molar-refractivity contribution in [2.24, 2.45) is 11.8 Å². The van der Waals surface area contributed by atoms with Crippen LogP contribution in [0.2, 0.25) is 0 Å². The van der Waals surface area contributed by atoms with Crippen LogP contribution in [0.1, 0.15) is 31.0 Å². The highest BCUT2D eigenvalue weighted by atomic mass is 16.5. The zero-order valence-electron chi connectivity index (χ0n) is 10.9. The molecule has 3 rings (SSSR count). The topological polar surface area (TPSA) is 60.2 Å². The molecule has 1 aliphatic heterocycles. The Bertz CT molecular complexity index is 383. The van der Waals surface area contributed by atoms with Gasteiger partial charge in [-0.1, -0.05) is 5.16 Å². The highest BCUT2D eigenvalue weighted by Gasteiger charge is 2.31. The Hall–Kier alpha value is -0.940. The van der Waals surface area contributed by atoms with E-state index in [-0.39, 0.29) is 0 Å². The van der Waals surface area contributed by atoms with Crippen molar-refractivity contribution in [3.8, 4) is 0 Å². The lowest BCUT2D eigenvalue weighted by Gasteiger charge is -2.11. The first-order valence-electron chi connectivity index (χ1n) is 6.91. The summed E-state index contributed by atoms with van der Waals surface area (Å²) in [6.07, 6.45) is 5.51. The predicted octanol–water partition coefficient (Wildman–Crippen LogP) is 1.19. The molecule has 2 aliphatic rings. The van der Waals surface area contributed by atoms with E-state index < -0.39 is 0 Å². The molecule has 0 spiro atoms. The average molecular weight is 251 g/mol. The normalized spacial score (nSPS) is 25.5. The molecule has 18 heavy (non-hydrogen) atoms. The van der Waals surface area contributed by atoms with Crippen LogP contribution in [-0.2, 0) is 17.6 Å². The van der Waals surface area contributed by atoms with Gasteiger partial charge in [0, 0.05) is 32.1 Å². The lowest BCUT2D eigenvalue weighted by molar-refractivity contribution is 0.185. The Morgan fingerprint density at radius 2 is 2.28 bits per heavy atom. The molecule has 1 aromatic heterocycles. The molecule has 0 radical (unpaired) electrons. The van der Waals surface area contributed by atoms with Crippen molar-refractivity contribution in [1.29, 1.82) is 0 Å². The Labute approximate surface area is 107 Å². The van der Waals surface area contributed by atoms with E-state index in [1.165, 1.54) is 12.8 Å². The van der Waals surface area contributed by atoms with Crippen LogP contribution in [-0.4, -0.2) is 36.4 Å². The second-order valence-corrected chi connectivity index (χ2v) is 5.47. The molecule has 2 heterocycles. The van der Waals surface area contributed by atoms with Gasteiger partial charge in [-0.3, -0.25) is 0 Å². The number of aromatic nitrogens is 2. The fourth-order valence-corrected chi connectivity index (χ4v) is 2.65. The van der Waals surface area contributed by atoms with Gasteiger partial charge in [0.05, 0.1) is 0 Å². The average Bonchev–Trinajstić information content (AvgIpc) is 2.92. The van der Waals surface area contributed by atoms with Gasteiger partial charge in [-0.2, -0.15) is 4.98 Å². The number of nitrogens with zero attached hydrogens (tertiary/aromatic N) is 2. The molecule has 2 unspecified atom stereocenters. The van der Waals surface area contributed by atoms with Gasteiger partial charge >= 0.3 is 0 Å². The molecule has 2 atom stereocenters. The molecule has 1 N–H and O–H groups in total. The minimum atomic E-state index is 0.494. The van der Waals surface area contributed by atoms with Crippen molar-refractivity contribution >= 4 is 0 Å². The van der Waals surface area contributed by atoms with Crippen molar-refractivity contribution in [1.82, 2.24) is 15.5 Å². The zero-order valence-corrected chi connectivity index (χ0v) is 10.9. The first-order valence-corrected chi connectivity index (χ1v) is 6.91. The molecular formula is C13H21N3O2. The smallest absolute Gasteiger partial charge is 0.228 e. The second-order valence-electron chi connectivity index (χ2n) is 5.47. The Balaban J connectivity index is 1.54. The third kappa shape index (κ3) is 2.90. The molecule has 0 aromatic carbocycles. The van der Waals surface area contributed by atoms with Crippen LogP contribution >= 0.6 is 0 Å². The van der Waals surface area contributed by atoms with Crippen molar-refractivity contribution in [3.63, 3.8) is 0 Å². The largest absolute Gasteiger partial charge is 0.381 e. The summed E-state index contributed by atoms with van der Waals surface area (Å²) in [4.78, 5) is 4.50. The maximum Gasteiger partial charge on any atom is 0.228 e. The maximum atomic E-state index is 5.36. The van der Waals surface area contributed by atoms with E-state index in [0.717, 1.165) is 50.1 Å². The van der Waals surface area contributed by atoms with E-state index in [4.69, 9.17) is 9.26 Å². The summed E-state index contributed by atoms with van der Waals surface area (Å²) in [6.45, 7) is 1.71. The molecule has 2 fully saturated rings. The Kier molecular flexibility index (Phi) is 3.61. The monoisotopic (exact) mass is 251 g/mol. The van der Waals surface area contributed by atoms with Crippen molar-refractivity contribution in [2.45, 2.75) is 38.1 Å². The number of hydrogen-bond donors (Lipinski definition) is 1. The molecule has 1 saturated heterocycles. The lowest BCUT2D eigenvalue weighted by atomic mass is 10.1. The van der Waals surface area contributed by atoms with Crippen LogP contribution < -0.4 is 5.32 Å². The Morgan fingerprint density at radius 1 is 1.39 bits per heavy atom. The molecule has 0 bridgehead atoms. The first-order chi connectivity index (χ1) is 8.85. The van der Waals surface area contributed by atoms with Gasteiger partial charge < -0.3 is 14.6 Å². The number of rotatable bonds is 6. The molecule has 1 aliphatic carbocycles. The fraction of sp³-hybridized carbons (Fsp3) is 0.846. The summed E-state index contributed by atoms with van der Waals surface area (Å²) in [6, 6.07) is 0.494. The summed E-state index contributed by atoms with van der Waals surface area (Å²) in [7, 11) is 2.01. The highest BCUT2D eigenvalue weighted by molar-refractivity contribution is 4.95. The van der Waals surface area contributed by atoms with Gasteiger partial charge in [0.1, 0.15) is 0 Å². The van der Waals surface area contributed by atoms with Gasteiger partial charge in [0.2, 0.25) is 5.89 Å². The number of nitrogens with one attached hydrogen (secondary N) is 1. The van der Waals surface area contributed by atoms with E-state index in [1.807, 2.05) is 7.05 Å². The molecule has 5 heteroatoms. The number of hydrogen-bond acceptors (Lipinski definition) is 5. The van der Waals surface area contributed by atoms with Crippen LogP contribution in [0.15, 0.2) is 4.52 Å². The number of ether oxygens (including phenoxy) is 1. The van der Waals surface area contributed by atoms with E-state index in [9.17, 15) is 0 Å². The van der Waals surface area contributed by atoms with E-state index in [2.05, 4.69) is 15.5 Å². The van der Waals surface area contributed by atoms with Crippen molar-refractivity contribution in [3.05, 3.63) is 11.7 Å². The third-order valence-corrected chi connectivity index (χ3v) is 3.96. The van der Waals surface area contributed by atoms with E-state index in [0.29, 0.717) is 12.0 Å². The second kappa shape index (κ2) is 5.36. The highest BCUT2D eigenvalue weighted by Crippen LogP contribution is 2.33. The van der Waals surface area contributed by atoms with Crippen LogP contribution in [0.25, 0.3) is 0 Å². The molecule has 1 saturated carbocycles. The van der Waals surface area contributed by atoms with E-state index in [1.54, 1.807) is 0 Å². The SMILES string of the molecule is CNC(Cc1nc(CC2CCOC2)no1)C1CC1. The summed E-state index contributed by atoms with van der Waals surface area (Å²) in [5, 5.41) is 7.42. The standard InChI is InChI=1S/C13H21N3O2/c1-14-11(10-2-3-10)7-13-15-12(16-18-13)6-9-4-5-17-8-9/h9-11,14H,2-8H2,1H3. The molecule has 5 nitrogen and oxygen atoms in total. The molecule has 1 aromatic rings. The van der Waals surface area contributed by atoms with Crippen LogP contribution in [0.5, 0.6) is 0 Å². The zero-order chi connectivity index (χ0) is 12.4. The van der Waals surface area contributed by atoms with Gasteiger partial charge in [-0.15, -0.1) is 0 Å². The summed E-state index contributed by atoms with van der Waals surface area (Å²) in [5.41, 5.74) is 0. The summed E-state index contributed by atoms with van der Waals surface area (Å²) >= 11 is 0. The van der Waals surface area contributed by atoms with Gasteiger partial charge in [-0.25, -0.2) is 0 Å². The third-order valence-electron chi connectivity index (χ3n) is 3.96. The van der Waals surface area contributed by atoms with Crippen molar-refractivity contribution < 1.29 is 9.26 Å². The van der Waals surface area contributed by atoms with Gasteiger partial charge in [0.25, 0.3) is 0 Å². The first kappa shape index (κ1) is 12.1. The predicted molar refractivity (Wildman–Crippen MR) is 66.2 cm³/mol. The van der Waals surface area contributed by atoms with Crippen LogP contribution in [0.3, 0.4) is 0 Å². The number of likely N-dealkylation sites (N-methyl/N-ethyl adjacent to an activating group) is 1. The van der Waals surface area contributed by atoms with Gasteiger partial charge in [-0.05, 0) is 38.1 Å². The minimum absolute atomic E-state index is 0.494. The van der Waals surface area contributed by atoms with E-state index >= 15 is 0 Å². The van der Waals surface area contributed by atoms with Crippen LogP contribution in [0.4, 0.5) is 0 Å². The maximum absolute atomic E-state index is 5.36. The fourth-order valence-electron chi connectivity index (χ4n) is 2.65. The molecule has 0 amide bonds. The summed E-state index contributed by atoms with van der Waals surface area (Å²) in [5.74, 6) is 2.98. The summed E-state index contributed by atoms with van der Waals surface area (Å²) < 4.78 is 10.7.